The van der Waals surface area contributed by atoms with E-state index in [1.165, 1.54) is 11.8 Å². The van der Waals surface area contributed by atoms with E-state index in [1.54, 1.807) is 14.2 Å². The van der Waals surface area contributed by atoms with Crippen LogP contribution >= 0.6 is 0 Å². The molecule has 0 aromatic rings. The molecule has 0 aliphatic carbocycles. The first kappa shape index (κ1) is 22.0. The zero-order chi connectivity index (χ0) is 18.7. The Bertz CT molecular complexity index is 386. The van der Waals surface area contributed by atoms with Gasteiger partial charge in [-0.1, -0.05) is 0 Å². The minimum Gasteiger partial charge on any atom is -0.382 e. The van der Waals surface area contributed by atoms with Crippen molar-refractivity contribution in [1.29, 1.82) is 0 Å². The summed E-state index contributed by atoms with van der Waals surface area (Å²) < 4.78 is 48.6. The Labute approximate surface area is 148 Å². The van der Waals surface area contributed by atoms with Crippen LogP contribution in [-0.2, 0) is 9.47 Å². The normalized spacial score (nSPS) is 18.5. The lowest BCUT2D eigenvalue weighted by molar-refractivity contribution is -0.181. The third-order valence-electron chi connectivity index (χ3n) is 4.28. The SMILES string of the molecule is CN=C(NCCCCOCCOC)N1CCN(C(C)C(F)(F)F)CC1. The molecule has 1 heterocycles. The van der Waals surface area contributed by atoms with Crippen LogP contribution in [0, 0.1) is 0 Å². The minimum atomic E-state index is -4.17. The summed E-state index contributed by atoms with van der Waals surface area (Å²) in [4.78, 5) is 7.71. The van der Waals surface area contributed by atoms with Gasteiger partial charge in [0, 0.05) is 53.5 Å². The van der Waals surface area contributed by atoms with Gasteiger partial charge >= 0.3 is 6.18 Å². The second-order valence-corrected chi connectivity index (χ2v) is 6.03. The third-order valence-corrected chi connectivity index (χ3v) is 4.28. The molecule has 9 heteroatoms. The number of halogens is 3. The van der Waals surface area contributed by atoms with Crippen molar-refractivity contribution in [2.75, 3.05) is 66.7 Å². The fraction of sp³-hybridized carbons (Fsp3) is 0.938. The summed E-state index contributed by atoms with van der Waals surface area (Å²) in [5, 5.41) is 3.27. The number of alkyl halides is 3. The van der Waals surface area contributed by atoms with Gasteiger partial charge in [-0.15, -0.1) is 0 Å². The van der Waals surface area contributed by atoms with Crippen molar-refractivity contribution in [3.63, 3.8) is 0 Å². The summed E-state index contributed by atoms with van der Waals surface area (Å²) in [5.74, 6) is 0.750. The second kappa shape index (κ2) is 11.5. The number of hydrogen-bond donors (Lipinski definition) is 1. The Balaban J connectivity index is 2.22. The monoisotopic (exact) mass is 368 g/mol. The quantitative estimate of drug-likeness (QED) is 0.380. The molecule has 0 radical (unpaired) electrons. The molecule has 1 N–H and O–H groups in total. The smallest absolute Gasteiger partial charge is 0.382 e. The number of guanidine groups is 1. The molecule has 0 amide bonds. The number of nitrogens with zero attached hydrogens (tertiary/aromatic N) is 3. The fourth-order valence-electron chi connectivity index (χ4n) is 2.63. The van der Waals surface area contributed by atoms with Crippen LogP contribution in [0.15, 0.2) is 4.99 Å². The van der Waals surface area contributed by atoms with Gasteiger partial charge in [-0.3, -0.25) is 9.89 Å². The summed E-state index contributed by atoms with van der Waals surface area (Å²) in [6, 6.07) is -1.40. The van der Waals surface area contributed by atoms with Crippen LogP contribution in [0.3, 0.4) is 0 Å². The molecule has 0 saturated carbocycles. The number of ether oxygens (including phenoxy) is 2. The number of nitrogens with one attached hydrogen (secondary N) is 1. The van der Waals surface area contributed by atoms with Crippen LogP contribution in [0.1, 0.15) is 19.8 Å². The van der Waals surface area contributed by atoms with Gasteiger partial charge in [0.1, 0.15) is 6.04 Å². The van der Waals surface area contributed by atoms with Crippen LogP contribution in [0.5, 0.6) is 0 Å². The molecule has 25 heavy (non-hydrogen) atoms. The number of unbranched alkanes of at least 4 members (excludes halogenated alkanes) is 1. The summed E-state index contributed by atoms with van der Waals surface area (Å²) in [6.45, 7) is 5.73. The number of rotatable bonds is 9. The highest BCUT2D eigenvalue weighted by atomic mass is 19.4. The summed E-state index contributed by atoms with van der Waals surface area (Å²) in [6.07, 6.45) is -2.30. The van der Waals surface area contributed by atoms with Crippen molar-refractivity contribution in [2.24, 2.45) is 4.99 Å². The maximum atomic E-state index is 12.8. The fourth-order valence-corrected chi connectivity index (χ4v) is 2.63. The predicted octanol–water partition coefficient (Wildman–Crippen LogP) is 1.57. The zero-order valence-electron chi connectivity index (χ0n) is 15.4. The Morgan fingerprint density at radius 1 is 1.12 bits per heavy atom. The molecule has 1 atom stereocenters. The lowest BCUT2D eigenvalue weighted by Crippen LogP contribution is -2.56. The van der Waals surface area contributed by atoms with E-state index in [0.29, 0.717) is 46.0 Å². The highest BCUT2D eigenvalue weighted by Gasteiger charge is 2.41. The van der Waals surface area contributed by atoms with E-state index >= 15 is 0 Å². The Hall–Kier alpha value is -1.06. The molecule has 1 unspecified atom stereocenters. The van der Waals surface area contributed by atoms with E-state index in [4.69, 9.17) is 9.47 Å². The third kappa shape index (κ3) is 8.24. The number of methoxy groups -OCH3 is 1. The van der Waals surface area contributed by atoms with E-state index in [2.05, 4.69) is 10.3 Å². The van der Waals surface area contributed by atoms with Gasteiger partial charge in [-0.05, 0) is 19.8 Å². The topological polar surface area (TPSA) is 49.3 Å². The van der Waals surface area contributed by atoms with E-state index in [1.807, 2.05) is 4.90 Å². The first-order valence-corrected chi connectivity index (χ1v) is 8.73. The average Bonchev–Trinajstić information content (AvgIpc) is 2.59. The van der Waals surface area contributed by atoms with Gasteiger partial charge in [-0.2, -0.15) is 13.2 Å². The lowest BCUT2D eigenvalue weighted by atomic mass is 10.2. The molecule has 0 spiro atoms. The Morgan fingerprint density at radius 3 is 2.36 bits per heavy atom. The van der Waals surface area contributed by atoms with Gasteiger partial charge in [-0.25, -0.2) is 0 Å². The van der Waals surface area contributed by atoms with Crippen molar-refractivity contribution < 1.29 is 22.6 Å². The second-order valence-electron chi connectivity index (χ2n) is 6.03. The predicted molar refractivity (Wildman–Crippen MR) is 92.0 cm³/mol. The van der Waals surface area contributed by atoms with Crippen LogP contribution in [0.25, 0.3) is 0 Å². The number of hydrogen-bond acceptors (Lipinski definition) is 4. The molecular formula is C16H31F3N4O2. The van der Waals surface area contributed by atoms with Gasteiger partial charge in [0.15, 0.2) is 5.96 Å². The first-order chi connectivity index (χ1) is 11.9. The molecule has 1 aliphatic heterocycles. The van der Waals surface area contributed by atoms with Gasteiger partial charge < -0.3 is 19.7 Å². The molecule has 148 valence electrons. The van der Waals surface area contributed by atoms with Crippen molar-refractivity contribution in [1.82, 2.24) is 15.1 Å². The molecule has 1 fully saturated rings. The molecule has 1 aliphatic rings. The number of piperazine rings is 1. The Kier molecular flexibility index (Phi) is 10.1. The van der Waals surface area contributed by atoms with Gasteiger partial charge in [0.2, 0.25) is 0 Å². The standard InChI is InChI=1S/C16H31F3N4O2/c1-14(16(17,18)19)22-7-9-23(10-8-22)15(20-2)21-6-4-5-11-25-13-12-24-3/h14H,4-13H2,1-3H3,(H,20,21). The van der Waals surface area contributed by atoms with Crippen LogP contribution in [0.4, 0.5) is 13.2 Å². The summed E-state index contributed by atoms with van der Waals surface area (Å²) in [7, 11) is 3.34. The lowest BCUT2D eigenvalue weighted by Gasteiger charge is -2.39. The maximum absolute atomic E-state index is 12.8. The Morgan fingerprint density at radius 2 is 1.80 bits per heavy atom. The molecule has 6 nitrogen and oxygen atoms in total. The molecule has 0 aromatic heterocycles. The largest absolute Gasteiger partial charge is 0.403 e. The van der Waals surface area contributed by atoms with Crippen molar-refractivity contribution >= 4 is 5.96 Å². The number of aliphatic imine (C=N–C) groups is 1. The van der Waals surface area contributed by atoms with Crippen molar-refractivity contribution in [3.05, 3.63) is 0 Å². The molecular weight excluding hydrogens is 337 g/mol. The zero-order valence-corrected chi connectivity index (χ0v) is 15.4. The first-order valence-electron chi connectivity index (χ1n) is 8.73. The highest BCUT2D eigenvalue weighted by molar-refractivity contribution is 5.79. The van der Waals surface area contributed by atoms with Gasteiger partial charge in [0.05, 0.1) is 13.2 Å². The average molecular weight is 368 g/mol. The highest BCUT2D eigenvalue weighted by Crippen LogP contribution is 2.25. The molecule has 0 bridgehead atoms. The van der Waals surface area contributed by atoms with E-state index < -0.39 is 12.2 Å². The molecule has 1 rings (SSSR count). The van der Waals surface area contributed by atoms with Crippen molar-refractivity contribution in [2.45, 2.75) is 32.0 Å². The van der Waals surface area contributed by atoms with Gasteiger partial charge in [0.25, 0.3) is 0 Å². The van der Waals surface area contributed by atoms with E-state index in [0.717, 1.165) is 25.3 Å². The van der Waals surface area contributed by atoms with Crippen LogP contribution in [0.2, 0.25) is 0 Å². The van der Waals surface area contributed by atoms with E-state index in [9.17, 15) is 13.2 Å². The molecule has 1 saturated heterocycles. The maximum Gasteiger partial charge on any atom is 0.403 e. The summed E-state index contributed by atoms with van der Waals surface area (Å²) >= 11 is 0. The minimum absolute atomic E-state index is 0.384. The van der Waals surface area contributed by atoms with Crippen LogP contribution in [-0.4, -0.2) is 94.7 Å². The molecule has 0 aromatic carbocycles. The van der Waals surface area contributed by atoms with Crippen LogP contribution < -0.4 is 5.32 Å². The van der Waals surface area contributed by atoms with Crippen molar-refractivity contribution in [3.8, 4) is 0 Å². The van der Waals surface area contributed by atoms with E-state index in [-0.39, 0.29) is 0 Å². The summed E-state index contributed by atoms with van der Waals surface area (Å²) in [5.41, 5.74) is 0.